The van der Waals surface area contributed by atoms with E-state index in [1.807, 2.05) is 0 Å². The molecule has 0 aliphatic heterocycles. The first kappa shape index (κ1) is 8.83. The molecule has 0 nitrogen and oxygen atoms in total. The van der Waals surface area contributed by atoms with Crippen LogP contribution in [0.2, 0.25) is 0 Å². The minimum absolute atomic E-state index is 0.854. The highest BCUT2D eigenvalue weighted by Gasteiger charge is 2.19. The molecule has 1 aliphatic carbocycles. The van der Waals surface area contributed by atoms with E-state index in [2.05, 4.69) is 20.8 Å². The molecule has 0 heteroatoms. The Bertz CT molecular complexity index is 147. The van der Waals surface area contributed by atoms with Gasteiger partial charge in [0.25, 0.3) is 0 Å². The van der Waals surface area contributed by atoms with Crippen molar-refractivity contribution < 1.29 is 0 Å². The van der Waals surface area contributed by atoms with Crippen molar-refractivity contribution in [1.82, 2.24) is 0 Å². The van der Waals surface area contributed by atoms with E-state index >= 15 is 0 Å². The molecule has 0 saturated heterocycles. The van der Waals surface area contributed by atoms with Crippen molar-refractivity contribution >= 4 is 0 Å². The van der Waals surface area contributed by atoms with Gasteiger partial charge in [-0.15, -0.1) is 0 Å². The lowest BCUT2D eigenvalue weighted by Gasteiger charge is -2.12. The highest BCUT2D eigenvalue weighted by atomic mass is 14.2. The Hall–Kier alpha value is -0.260. The SMILES string of the molecule is CCCC(=C1CC1)C(C)CC. The lowest BCUT2D eigenvalue weighted by Crippen LogP contribution is -1.97. The van der Waals surface area contributed by atoms with Gasteiger partial charge in [0.05, 0.1) is 0 Å². The summed E-state index contributed by atoms with van der Waals surface area (Å²) in [6.45, 7) is 6.95. The van der Waals surface area contributed by atoms with Gasteiger partial charge in [-0.2, -0.15) is 0 Å². The van der Waals surface area contributed by atoms with Crippen LogP contribution in [-0.4, -0.2) is 0 Å². The summed E-state index contributed by atoms with van der Waals surface area (Å²) < 4.78 is 0. The van der Waals surface area contributed by atoms with Crippen molar-refractivity contribution in [1.29, 1.82) is 0 Å². The first-order chi connectivity index (χ1) is 5.29. The standard InChI is InChI=1S/C11H20/c1-4-6-11(9(3)5-2)10-7-8-10/h9H,4-8H2,1-3H3. The minimum atomic E-state index is 0.854. The van der Waals surface area contributed by atoms with E-state index < -0.39 is 0 Å². The maximum atomic E-state index is 2.37. The fraction of sp³-hybridized carbons (Fsp3) is 0.818. The maximum absolute atomic E-state index is 2.37. The molecule has 1 aliphatic rings. The van der Waals surface area contributed by atoms with Crippen molar-refractivity contribution in [2.75, 3.05) is 0 Å². The van der Waals surface area contributed by atoms with E-state index in [0.717, 1.165) is 5.92 Å². The summed E-state index contributed by atoms with van der Waals surface area (Å²) in [6.07, 6.45) is 6.80. The number of rotatable bonds is 4. The lowest BCUT2D eigenvalue weighted by atomic mass is 9.94. The Kier molecular flexibility index (Phi) is 3.16. The van der Waals surface area contributed by atoms with Crippen LogP contribution in [0.3, 0.4) is 0 Å². The van der Waals surface area contributed by atoms with E-state index in [0.29, 0.717) is 0 Å². The second kappa shape index (κ2) is 3.94. The molecule has 0 N–H and O–H groups in total. The molecule has 1 saturated carbocycles. The van der Waals surface area contributed by atoms with Gasteiger partial charge in [0, 0.05) is 0 Å². The molecule has 0 heterocycles. The Morgan fingerprint density at radius 3 is 2.36 bits per heavy atom. The number of hydrogen-bond acceptors (Lipinski definition) is 0. The van der Waals surface area contributed by atoms with Crippen LogP contribution in [0.5, 0.6) is 0 Å². The van der Waals surface area contributed by atoms with Gasteiger partial charge in [-0.25, -0.2) is 0 Å². The average molecular weight is 152 g/mol. The summed E-state index contributed by atoms with van der Waals surface area (Å²) in [7, 11) is 0. The van der Waals surface area contributed by atoms with Crippen LogP contribution in [0, 0.1) is 5.92 Å². The molecule has 1 atom stereocenters. The Balaban J connectivity index is 2.53. The number of allylic oxidation sites excluding steroid dienone is 2. The van der Waals surface area contributed by atoms with E-state index in [1.165, 1.54) is 32.1 Å². The largest absolute Gasteiger partial charge is 0.0701 e. The maximum Gasteiger partial charge on any atom is -0.0232 e. The van der Waals surface area contributed by atoms with Crippen molar-refractivity contribution in [3.63, 3.8) is 0 Å². The summed E-state index contributed by atoms with van der Waals surface area (Å²) >= 11 is 0. The van der Waals surface area contributed by atoms with Gasteiger partial charge in [-0.3, -0.25) is 0 Å². The van der Waals surface area contributed by atoms with Crippen molar-refractivity contribution in [3.8, 4) is 0 Å². The van der Waals surface area contributed by atoms with Crippen molar-refractivity contribution in [3.05, 3.63) is 11.1 Å². The van der Waals surface area contributed by atoms with Crippen LogP contribution in [-0.2, 0) is 0 Å². The fourth-order valence-electron chi connectivity index (χ4n) is 1.67. The van der Waals surface area contributed by atoms with E-state index in [-0.39, 0.29) is 0 Å². The van der Waals surface area contributed by atoms with Crippen LogP contribution in [0.25, 0.3) is 0 Å². The first-order valence-electron chi connectivity index (χ1n) is 5.00. The molecule has 1 unspecified atom stereocenters. The Morgan fingerprint density at radius 2 is 2.00 bits per heavy atom. The molecule has 11 heavy (non-hydrogen) atoms. The smallest absolute Gasteiger partial charge is 0.0232 e. The van der Waals surface area contributed by atoms with Crippen LogP contribution >= 0.6 is 0 Å². The molecule has 0 aromatic carbocycles. The predicted molar refractivity (Wildman–Crippen MR) is 50.6 cm³/mol. The average Bonchev–Trinajstić information content (AvgIpc) is 2.81. The normalized spacial score (nSPS) is 18.3. The molecule has 64 valence electrons. The van der Waals surface area contributed by atoms with Gasteiger partial charge in [0.15, 0.2) is 0 Å². The van der Waals surface area contributed by atoms with E-state index in [1.54, 1.807) is 11.1 Å². The Labute approximate surface area is 70.7 Å². The van der Waals surface area contributed by atoms with Gasteiger partial charge < -0.3 is 0 Å². The molecule has 0 aromatic heterocycles. The topological polar surface area (TPSA) is 0 Å². The second-order valence-electron chi connectivity index (χ2n) is 3.69. The summed E-state index contributed by atoms with van der Waals surface area (Å²) in [6, 6.07) is 0. The molecule has 0 bridgehead atoms. The zero-order chi connectivity index (χ0) is 8.27. The van der Waals surface area contributed by atoms with Crippen molar-refractivity contribution in [2.45, 2.75) is 52.9 Å². The van der Waals surface area contributed by atoms with Gasteiger partial charge in [0.1, 0.15) is 0 Å². The first-order valence-corrected chi connectivity index (χ1v) is 5.00. The van der Waals surface area contributed by atoms with E-state index in [9.17, 15) is 0 Å². The summed E-state index contributed by atoms with van der Waals surface area (Å²) in [5.41, 5.74) is 3.57. The molecular weight excluding hydrogens is 132 g/mol. The third-order valence-electron chi connectivity index (χ3n) is 2.68. The van der Waals surface area contributed by atoms with Crippen LogP contribution < -0.4 is 0 Å². The van der Waals surface area contributed by atoms with Gasteiger partial charge in [0.2, 0.25) is 0 Å². The van der Waals surface area contributed by atoms with Gasteiger partial charge in [-0.1, -0.05) is 38.3 Å². The monoisotopic (exact) mass is 152 g/mol. The van der Waals surface area contributed by atoms with Crippen LogP contribution in [0.15, 0.2) is 11.1 Å². The van der Waals surface area contributed by atoms with Crippen LogP contribution in [0.4, 0.5) is 0 Å². The Morgan fingerprint density at radius 1 is 1.36 bits per heavy atom. The number of hydrogen-bond donors (Lipinski definition) is 0. The van der Waals surface area contributed by atoms with Crippen molar-refractivity contribution in [2.24, 2.45) is 5.92 Å². The molecule has 1 rings (SSSR count). The fourth-order valence-corrected chi connectivity index (χ4v) is 1.67. The highest BCUT2D eigenvalue weighted by molar-refractivity contribution is 5.26. The summed E-state index contributed by atoms with van der Waals surface area (Å²) in [5, 5.41) is 0. The molecule has 0 aromatic rings. The lowest BCUT2D eigenvalue weighted by molar-refractivity contribution is 0.615. The van der Waals surface area contributed by atoms with Crippen LogP contribution in [0.1, 0.15) is 52.9 Å². The zero-order valence-corrected chi connectivity index (χ0v) is 8.11. The molecule has 1 fully saturated rings. The van der Waals surface area contributed by atoms with Gasteiger partial charge in [-0.05, 0) is 31.6 Å². The van der Waals surface area contributed by atoms with E-state index in [4.69, 9.17) is 0 Å². The quantitative estimate of drug-likeness (QED) is 0.535. The highest BCUT2D eigenvalue weighted by Crippen LogP contribution is 2.37. The molecule has 0 amide bonds. The summed E-state index contributed by atoms with van der Waals surface area (Å²) in [4.78, 5) is 0. The third-order valence-corrected chi connectivity index (χ3v) is 2.68. The zero-order valence-electron chi connectivity index (χ0n) is 8.11. The summed E-state index contributed by atoms with van der Waals surface area (Å²) in [5.74, 6) is 0.854. The second-order valence-corrected chi connectivity index (χ2v) is 3.69. The molecule has 0 spiro atoms. The molecular formula is C11H20. The van der Waals surface area contributed by atoms with Gasteiger partial charge >= 0.3 is 0 Å². The predicted octanol–water partition coefficient (Wildman–Crippen LogP) is 3.92. The molecule has 0 radical (unpaired) electrons. The third kappa shape index (κ3) is 2.36. The minimum Gasteiger partial charge on any atom is -0.0701 e.